The Hall–Kier alpha value is -1.11. The number of carbonyl (C=O) groups is 1. The highest BCUT2D eigenvalue weighted by Crippen LogP contribution is 2.39. The summed E-state index contributed by atoms with van der Waals surface area (Å²) < 4.78 is 0. The number of fused-ring (bicyclic) bond motifs is 1. The fraction of sp³-hybridized carbons (Fsp3) is 0.444. The monoisotopic (exact) mass is 228 g/mol. The number of aliphatic hydroxyl groups excluding tert-OH is 1. The summed E-state index contributed by atoms with van der Waals surface area (Å²) in [5.41, 5.74) is 2.48. The molecular weight excluding hydrogens is 216 g/mol. The third-order valence-electron chi connectivity index (χ3n) is 2.54. The lowest BCUT2D eigenvalue weighted by molar-refractivity contribution is 0.141. The third-order valence-corrected chi connectivity index (χ3v) is 3.57. The van der Waals surface area contributed by atoms with Gasteiger partial charge in [-0.05, 0) is 29.9 Å². The van der Waals surface area contributed by atoms with Gasteiger partial charge in [0.1, 0.15) is 0 Å². The lowest BCUT2D eigenvalue weighted by atomic mass is 9.92. The van der Waals surface area contributed by atoms with E-state index in [2.05, 4.69) is 5.32 Å². The number of hydrogen-bond donors (Lipinski definition) is 4. The highest BCUT2D eigenvalue weighted by atomic mass is 32.1. The maximum Gasteiger partial charge on any atom is 0.338 e. The smallest absolute Gasteiger partial charge is 0.338 e. The normalized spacial score (nSPS) is 24.4. The Bertz CT molecular complexity index is 366. The van der Waals surface area contributed by atoms with Crippen LogP contribution in [-0.4, -0.2) is 16.3 Å². The summed E-state index contributed by atoms with van der Waals surface area (Å²) in [6.07, 6.45) is 0.887. The van der Waals surface area contributed by atoms with Crippen molar-refractivity contribution in [3.05, 3.63) is 21.9 Å². The molecule has 1 aliphatic carbocycles. The molecule has 0 fully saturated rings. The number of hydrogen-bond acceptors (Lipinski definition) is 4. The van der Waals surface area contributed by atoms with Crippen LogP contribution in [0, 0.1) is 0 Å². The van der Waals surface area contributed by atoms with Crippen LogP contribution in [0.2, 0.25) is 0 Å². The van der Waals surface area contributed by atoms with E-state index in [1.807, 2.05) is 11.4 Å². The fourth-order valence-electron chi connectivity index (χ4n) is 1.84. The van der Waals surface area contributed by atoms with Crippen LogP contribution in [0.5, 0.6) is 0 Å². The van der Waals surface area contributed by atoms with Gasteiger partial charge in [-0.25, -0.2) is 10.3 Å². The Labute approximate surface area is 90.7 Å². The minimum atomic E-state index is -0.617. The molecule has 0 bridgehead atoms. The summed E-state index contributed by atoms with van der Waals surface area (Å²) in [6.45, 7) is 0. The highest BCUT2D eigenvalue weighted by molar-refractivity contribution is 7.10. The first-order chi connectivity index (χ1) is 7.22. The molecule has 4 N–H and O–H groups in total. The summed E-state index contributed by atoms with van der Waals surface area (Å²) in [5, 5.41) is 22.6. The van der Waals surface area contributed by atoms with Gasteiger partial charge >= 0.3 is 6.03 Å². The second-order valence-corrected chi connectivity index (χ2v) is 4.42. The standard InChI is InChI=1S/C9H12N2O3S/c12-7-2-1-6(10-9(13)11-14)5-3-4-15-8(5)7/h3-4,6-7,12,14H,1-2H2,(H2,10,11,13). The molecule has 2 amide bonds. The first kappa shape index (κ1) is 10.4. The molecule has 0 saturated heterocycles. The molecule has 6 heteroatoms. The SMILES string of the molecule is O=C(NO)NC1CCC(O)c2sccc21. The average Bonchev–Trinajstić information content (AvgIpc) is 2.71. The van der Waals surface area contributed by atoms with Gasteiger partial charge in [0.15, 0.2) is 0 Å². The van der Waals surface area contributed by atoms with Crippen LogP contribution in [0.3, 0.4) is 0 Å². The Morgan fingerprint density at radius 2 is 2.33 bits per heavy atom. The first-order valence-electron chi connectivity index (χ1n) is 4.68. The zero-order chi connectivity index (χ0) is 10.8. The molecule has 0 saturated carbocycles. The number of nitrogens with one attached hydrogen (secondary N) is 2. The van der Waals surface area contributed by atoms with Crippen molar-refractivity contribution in [2.75, 3.05) is 0 Å². The molecule has 82 valence electrons. The molecule has 0 aliphatic heterocycles. The molecule has 1 aromatic heterocycles. The van der Waals surface area contributed by atoms with Gasteiger partial charge in [0.2, 0.25) is 0 Å². The number of carbonyl (C=O) groups excluding carboxylic acids is 1. The number of urea groups is 1. The predicted molar refractivity (Wildman–Crippen MR) is 54.7 cm³/mol. The van der Waals surface area contributed by atoms with Gasteiger partial charge in [0.25, 0.3) is 0 Å². The maximum atomic E-state index is 11.0. The predicted octanol–water partition coefficient (Wildman–Crippen LogP) is 1.30. The fourth-order valence-corrected chi connectivity index (χ4v) is 2.82. The molecule has 5 nitrogen and oxygen atoms in total. The van der Waals surface area contributed by atoms with Crippen molar-refractivity contribution in [2.24, 2.45) is 0 Å². The van der Waals surface area contributed by atoms with Gasteiger partial charge in [-0.15, -0.1) is 11.3 Å². The van der Waals surface area contributed by atoms with Crippen LogP contribution in [0.15, 0.2) is 11.4 Å². The molecule has 1 aliphatic rings. The van der Waals surface area contributed by atoms with Crippen LogP contribution in [0.1, 0.15) is 35.4 Å². The largest absolute Gasteiger partial charge is 0.388 e. The Morgan fingerprint density at radius 1 is 1.53 bits per heavy atom. The molecule has 0 radical (unpaired) electrons. The Balaban J connectivity index is 2.17. The molecule has 2 atom stereocenters. The average molecular weight is 228 g/mol. The van der Waals surface area contributed by atoms with Crippen molar-refractivity contribution < 1.29 is 15.1 Å². The van der Waals surface area contributed by atoms with Crippen molar-refractivity contribution in [1.29, 1.82) is 0 Å². The quantitative estimate of drug-likeness (QED) is 0.432. The number of rotatable bonds is 1. The first-order valence-corrected chi connectivity index (χ1v) is 5.56. The van der Waals surface area contributed by atoms with E-state index in [9.17, 15) is 9.90 Å². The van der Waals surface area contributed by atoms with Gasteiger partial charge in [-0.2, -0.15) is 0 Å². The summed E-state index contributed by atoms with van der Waals surface area (Å²) in [5.74, 6) is 0. The molecule has 1 heterocycles. The lowest BCUT2D eigenvalue weighted by Crippen LogP contribution is -2.37. The van der Waals surface area contributed by atoms with E-state index < -0.39 is 12.1 Å². The number of thiophene rings is 1. The summed E-state index contributed by atoms with van der Waals surface area (Å²) >= 11 is 1.49. The molecule has 2 unspecified atom stereocenters. The zero-order valence-corrected chi connectivity index (χ0v) is 8.75. The second kappa shape index (κ2) is 4.18. The van der Waals surface area contributed by atoms with E-state index >= 15 is 0 Å². The van der Waals surface area contributed by atoms with Crippen molar-refractivity contribution in [3.8, 4) is 0 Å². The van der Waals surface area contributed by atoms with Gasteiger partial charge < -0.3 is 10.4 Å². The Kier molecular flexibility index (Phi) is 2.90. The number of aliphatic hydroxyl groups is 1. The van der Waals surface area contributed by atoms with E-state index in [0.717, 1.165) is 10.4 Å². The van der Waals surface area contributed by atoms with Gasteiger partial charge in [-0.3, -0.25) is 5.21 Å². The van der Waals surface area contributed by atoms with Crippen molar-refractivity contribution in [3.63, 3.8) is 0 Å². The van der Waals surface area contributed by atoms with Crippen LogP contribution in [-0.2, 0) is 0 Å². The number of hydroxylamine groups is 1. The maximum absolute atomic E-state index is 11.0. The van der Waals surface area contributed by atoms with E-state index in [4.69, 9.17) is 5.21 Å². The minimum absolute atomic E-state index is 0.123. The summed E-state index contributed by atoms with van der Waals surface area (Å²) in [4.78, 5) is 11.9. The second-order valence-electron chi connectivity index (χ2n) is 3.47. The van der Waals surface area contributed by atoms with Gasteiger partial charge in [0, 0.05) is 4.88 Å². The summed E-state index contributed by atoms with van der Waals surface area (Å²) in [7, 11) is 0. The van der Waals surface area contributed by atoms with E-state index in [0.29, 0.717) is 12.8 Å². The molecule has 1 aromatic rings. The van der Waals surface area contributed by atoms with Crippen LogP contribution < -0.4 is 10.8 Å². The molecule has 15 heavy (non-hydrogen) atoms. The highest BCUT2D eigenvalue weighted by Gasteiger charge is 2.27. The van der Waals surface area contributed by atoms with Crippen molar-refractivity contribution >= 4 is 17.4 Å². The molecule has 0 spiro atoms. The van der Waals surface area contributed by atoms with Crippen LogP contribution in [0.25, 0.3) is 0 Å². The van der Waals surface area contributed by atoms with Crippen LogP contribution >= 0.6 is 11.3 Å². The third kappa shape index (κ3) is 1.97. The van der Waals surface area contributed by atoms with Gasteiger partial charge in [-0.1, -0.05) is 0 Å². The van der Waals surface area contributed by atoms with E-state index in [-0.39, 0.29) is 6.04 Å². The van der Waals surface area contributed by atoms with Crippen LogP contribution in [0.4, 0.5) is 4.79 Å². The van der Waals surface area contributed by atoms with Crippen molar-refractivity contribution in [2.45, 2.75) is 25.0 Å². The molecular formula is C9H12N2O3S. The molecule has 0 aromatic carbocycles. The van der Waals surface area contributed by atoms with E-state index in [1.54, 1.807) is 0 Å². The minimum Gasteiger partial charge on any atom is -0.388 e. The van der Waals surface area contributed by atoms with Gasteiger partial charge in [0.05, 0.1) is 12.1 Å². The van der Waals surface area contributed by atoms with E-state index in [1.165, 1.54) is 16.8 Å². The molecule has 2 rings (SSSR count). The zero-order valence-electron chi connectivity index (χ0n) is 7.93. The topological polar surface area (TPSA) is 81.6 Å². The number of amides is 2. The lowest BCUT2D eigenvalue weighted by Gasteiger charge is -2.26. The van der Waals surface area contributed by atoms with Crippen molar-refractivity contribution in [1.82, 2.24) is 10.8 Å². The summed E-state index contributed by atoms with van der Waals surface area (Å²) in [6, 6.07) is 1.15. The Morgan fingerprint density at radius 3 is 3.07 bits per heavy atom.